The molecule has 1 saturated heterocycles. The molecule has 0 bridgehead atoms. The van der Waals surface area contributed by atoms with E-state index in [-0.39, 0.29) is 25.0 Å². The van der Waals surface area contributed by atoms with Crippen molar-refractivity contribution in [2.45, 2.75) is 18.9 Å². The maximum atomic E-state index is 11.6. The Kier molecular flexibility index (Phi) is 4.86. The molecule has 0 radical (unpaired) electrons. The number of hydrogen-bond acceptors (Lipinski definition) is 4. The predicted molar refractivity (Wildman–Crippen MR) is 51.7 cm³/mol. The van der Waals surface area contributed by atoms with Gasteiger partial charge >= 0.3 is 0 Å². The van der Waals surface area contributed by atoms with Gasteiger partial charge in [0.25, 0.3) is 0 Å². The first-order valence-corrected chi connectivity index (χ1v) is 5.00. The largest absolute Gasteiger partial charge is 0.394 e. The van der Waals surface area contributed by atoms with Gasteiger partial charge in [0.1, 0.15) is 0 Å². The van der Waals surface area contributed by atoms with E-state index in [0.29, 0.717) is 0 Å². The number of carbonyl (C=O) groups excluding carboxylic acids is 1. The van der Waals surface area contributed by atoms with Crippen molar-refractivity contribution in [1.82, 2.24) is 10.6 Å². The molecule has 5 nitrogen and oxygen atoms in total. The summed E-state index contributed by atoms with van der Waals surface area (Å²) in [4.78, 5) is 11.6. The van der Waals surface area contributed by atoms with Crippen LogP contribution in [0, 0.1) is 5.92 Å². The third-order valence-electron chi connectivity index (χ3n) is 2.50. The minimum Gasteiger partial charge on any atom is -0.394 e. The Bertz CT molecular complexity index is 177. The van der Waals surface area contributed by atoms with E-state index in [4.69, 9.17) is 10.2 Å². The Balaban J connectivity index is 2.32. The first-order chi connectivity index (χ1) is 6.77. The zero-order valence-electron chi connectivity index (χ0n) is 8.20. The van der Waals surface area contributed by atoms with Gasteiger partial charge in [-0.15, -0.1) is 0 Å². The highest BCUT2D eigenvalue weighted by Gasteiger charge is 2.22. The SMILES string of the molecule is O=C(NC(CO)CO)C1CCNCC1. The molecule has 0 spiro atoms. The standard InChI is InChI=1S/C9H18N2O3/c12-5-8(6-13)11-9(14)7-1-3-10-4-2-7/h7-8,10,12-13H,1-6H2,(H,11,14). The Morgan fingerprint density at radius 2 is 1.93 bits per heavy atom. The lowest BCUT2D eigenvalue weighted by Gasteiger charge is -2.23. The van der Waals surface area contributed by atoms with Crippen LogP contribution in [0.15, 0.2) is 0 Å². The lowest BCUT2D eigenvalue weighted by atomic mass is 9.97. The van der Waals surface area contributed by atoms with Crippen molar-refractivity contribution in [1.29, 1.82) is 0 Å². The molecular weight excluding hydrogens is 184 g/mol. The monoisotopic (exact) mass is 202 g/mol. The van der Waals surface area contributed by atoms with Crippen LogP contribution in [0.1, 0.15) is 12.8 Å². The summed E-state index contributed by atoms with van der Waals surface area (Å²) in [5, 5.41) is 23.4. The van der Waals surface area contributed by atoms with Crippen molar-refractivity contribution < 1.29 is 15.0 Å². The predicted octanol–water partition coefficient (Wildman–Crippen LogP) is -1.54. The molecule has 1 heterocycles. The highest BCUT2D eigenvalue weighted by molar-refractivity contribution is 5.79. The molecule has 14 heavy (non-hydrogen) atoms. The zero-order valence-corrected chi connectivity index (χ0v) is 8.20. The van der Waals surface area contributed by atoms with Gasteiger partial charge < -0.3 is 20.8 Å². The van der Waals surface area contributed by atoms with Crippen LogP contribution in [0.2, 0.25) is 0 Å². The average Bonchev–Trinajstić information content (AvgIpc) is 2.26. The summed E-state index contributed by atoms with van der Waals surface area (Å²) in [5.41, 5.74) is 0. The van der Waals surface area contributed by atoms with Gasteiger partial charge in [0, 0.05) is 5.92 Å². The third kappa shape index (κ3) is 3.25. The molecule has 1 amide bonds. The van der Waals surface area contributed by atoms with Crippen molar-refractivity contribution >= 4 is 5.91 Å². The van der Waals surface area contributed by atoms with Gasteiger partial charge in [0.2, 0.25) is 5.91 Å². The van der Waals surface area contributed by atoms with Gasteiger partial charge in [-0.3, -0.25) is 4.79 Å². The van der Waals surface area contributed by atoms with Gasteiger partial charge in [0.05, 0.1) is 19.3 Å². The van der Waals surface area contributed by atoms with Crippen molar-refractivity contribution in [2.75, 3.05) is 26.3 Å². The van der Waals surface area contributed by atoms with E-state index in [9.17, 15) is 4.79 Å². The van der Waals surface area contributed by atoms with Crippen molar-refractivity contribution in [3.8, 4) is 0 Å². The molecule has 0 aromatic heterocycles. The van der Waals surface area contributed by atoms with Crippen LogP contribution in [-0.2, 0) is 4.79 Å². The molecular formula is C9H18N2O3. The number of rotatable bonds is 4. The van der Waals surface area contributed by atoms with Crippen LogP contribution in [0.25, 0.3) is 0 Å². The minimum absolute atomic E-state index is 0.0249. The molecule has 0 aliphatic carbocycles. The van der Waals surface area contributed by atoms with E-state index in [1.54, 1.807) is 0 Å². The van der Waals surface area contributed by atoms with E-state index < -0.39 is 6.04 Å². The summed E-state index contributed by atoms with van der Waals surface area (Å²) in [7, 11) is 0. The molecule has 0 atom stereocenters. The molecule has 0 aromatic carbocycles. The lowest BCUT2D eigenvalue weighted by Crippen LogP contribution is -2.45. The summed E-state index contributed by atoms with van der Waals surface area (Å²) < 4.78 is 0. The van der Waals surface area contributed by atoms with E-state index in [1.165, 1.54) is 0 Å². The fourth-order valence-electron chi connectivity index (χ4n) is 1.55. The summed E-state index contributed by atoms with van der Waals surface area (Å²) in [6, 6.07) is -0.516. The Morgan fingerprint density at radius 1 is 1.36 bits per heavy atom. The third-order valence-corrected chi connectivity index (χ3v) is 2.50. The van der Waals surface area contributed by atoms with Crippen LogP contribution < -0.4 is 10.6 Å². The highest BCUT2D eigenvalue weighted by atomic mass is 16.3. The Labute approximate surface area is 83.5 Å². The van der Waals surface area contributed by atoms with Gasteiger partial charge in [0.15, 0.2) is 0 Å². The average molecular weight is 202 g/mol. The number of amides is 1. The molecule has 1 aliphatic rings. The highest BCUT2D eigenvalue weighted by Crippen LogP contribution is 2.11. The van der Waals surface area contributed by atoms with Crippen LogP contribution in [-0.4, -0.2) is 48.5 Å². The topological polar surface area (TPSA) is 81.6 Å². The smallest absolute Gasteiger partial charge is 0.223 e. The molecule has 82 valence electrons. The van der Waals surface area contributed by atoms with Crippen LogP contribution in [0.4, 0.5) is 0 Å². The first-order valence-electron chi connectivity index (χ1n) is 5.00. The maximum Gasteiger partial charge on any atom is 0.223 e. The van der Waals surface area contributed by atoms with Gasteiger partial charge in [-0.25, -0.2) is 0 Å². The molecule has 1 aliphatic heterocycles. The zero-order chi connectivity index (χ0) is 10.4. The van der Waals surface area contributed by atoms with Gasteiger partial charge in [-0.05, 0) is 25.9 Å². The van der Waals surface area contributed by atoms with Crippen LogP contribution >= 0.6 is 0 Å². The second-order valence-electron chi connectivity index (χ2n) is 3.59. The van der Waals surface area contributed by atoms with Crippen molar-refractivity contribution in [2.24, 2.45) is 5.92 Å². The number of nitrogens with one attached hydrogen (secondary N) is 2. The van der Waals surface area contributed by atoms with Crippen molar-refractivity contribution in [3.63, 3.8) is 0 Å². The Morgan fingerprint density at radius 3 is 2.43 bits per heavy atom. The Hall–Kier alpha value is -0.650. The summed E-state index contributed by atoms with van der Waals surface area (Å²) in [6.45, 7) is 1.29. The second-order valence-corrected chi connectivity index (χ2v) is 3.59. The minimum atomic E-state index is -0.516. The van der Waals surface area contributed by atoms with E-state index >= 15 is 0 Å². The quantitative estimate of drug-likeness (QED) is 0.445. The molecule has 0 saturated carbocycles. The van der Waals surface area contributed by atoms with Gasteiger partial charge in [-0.1, -0.05) is 0 Å². The molecule has 0 unspecified atom stereocenters. The number of carbonyl (C=O) groups is 1. The molecule has 0 aromatic rings. The van der Waals surface area contributed by atoms with Crippen LogP contribution in [0.5, 0.6) is 0 Å². The maximum absolute atomic E-state index is 11.6. The van der Waals surface area contributed by atoms with Crippen molar-refractivity contribution in [3.05, 3.63) is 0 Å². The normalized spacial score (nSPS) is 18.5. The number of piperidine rings is 1. The summed E-state index contributed by atoms with van der Waals surface area (Å²) >= 11 is 0. The molecule has 4 N–H and O–H groups in total. The molecule has 1 fully saturated rings. The number of aliphatic hydroxyl groups excluding tert-OH is 2. The summed E-state index contributed by atoms with van der Waals surface area (Å²) in [5.74, 6) is -0.0311. The number of hydrogen-bond donors (Lipinski definition) is 4. The fraction of sp³-hybridized carbons (Fsp3) is 0.889. The lowest BCUT2D eigenvalue weighted by molar-refractivity contribution is -0.127. The first kappa shape index (κ1) is 11.4. The molecule has 1 rings (SSSR count). The van der Waals surface area contributed by atoms with E-state index in [1.807, 2.05) is 0 Å². The molecule has 5 heteroatoms. The van der Waals surface area contributed by atoms with E-state index in [2.05, 4.69) is 10.6 Å². The second kappa shape index (κ2) is 5.95. The number of aliphatic hydroxyl groups is 2. The van der Waals surface area contributed by atoms with Crippen LogP contribution in [0.3, 0.4) is 0 Å². The van der Waals surface area contributed by atoms with E-state index in [0.717, 1.165) is 25.9 Å². The summed E-state index contributed by atoms with van der Waals surface area (Å²) in [6.07, 6.45) is 1.66. The van der Waals surface area contributed by atoms with Gasteiger partial charge in [-0.2, -0.15) is 0 Å². The fourth-order valence-corrected chi connectivity index (χ4v) is 1.55.